The van der Waals surface area contributed by atoms with Crippen LogP contribution in [0.4, 0.5) is 0 Å². The quantitative estimate of drug-likeness (QED) is 0.680. The number of pyridine rings is 1. The molecule has 0 spiro atoms. The molecule has 1 aromatic carbocycles. The van der Waals surface area contributed by atoms with E-state index in [1.807, 2.05) is 23.7 Å². The lowest BCUT2D eigenvalue weighted by Crippen LogP contribution is -2.41. The maximum absolute atomic E-state index is 13.3. The lowest BCUT2D eigenvalue weighted by molar-refractivity contribution is 0.0889. The zero-order valence-electron chi connectivity index (χ0n) is 18.3. The molecular weight excluding hydrogens is 392 g/mol. The Morgan fingerprint density at radius 2 is 2.16 bits per heavy atom. The van der Waals surface area contributed by atoms with Crippen LogP contribution in [0.15, 0.2) is 29.1 Å². The second-order valence-electron chi connectivity index (χ2n) is 9.14. The van der Waals surface area contributed by atoms with Gasteiger partial charge >= 0.3 is 0 Å². The van der Waals surface area contributed by atoms with Crippen LogP contribution in [0.1, 0.15) is 55.6 Å². The SMILES string of the molecule is Cc1ccc2cc(C(c3nnnn3CC3CCCO3)N3CCCC(C)C3)c(=O)[nH]c2c1. The van der Waals surface area contributed by atoms with Crippen LogP contribution < -0.4 is 5.56 Å². The van der Waals surface area contributed by atoms with Gasteiger partial charge in [0.25, 0.3) is 5.56 Å². The molecule has 2 fully saturated rings. The van der Waals surface area contributed by atoms with Gasteiger partial charge in [-0.1, -0.05) is 19.1 Å². The molecule has 0 aliphatic carbocycles. The zero-order valence-corrected chi connectivity index (χ0v) is 18.3. The maximum atomic E-state index is 13.3. The summed E-state index contributed by atoms with van der Waals surface area (Å²) in [6.07, 6.45) is 4.52. The summed E-state index contributed by atoms with van der Waals surface area (Å²) in [7, 11) is 0. The number of likely N-dealkylation sites (tertiary alicyclic amines) is 1. The Morgan fingerprint density at radius 1 is 1.26 bits per heavy atom. The lowest BCUT2D eigenvalue weighted by atomic mass is 9.95. The van der Waals surface area contributed by atoms with E-state index < -0.39 is 0 Å². The zero-order chi connectivity index (χ0) is 21.4. The molecule has 2 aliphatic rings. The van der Waals surface area contributed by atoms with Crippen LogP contribution in [0, 0.1) is 12.8 Å². The monoisotopic (exact) mass is 422 g/mol. The summed E-state index contributed by atoms with van der Waals surface area (Å²) >= 11 is 0. The van der Waals surface area contributed by atoms with Crippen molar-refractivity contribution in [3.05, 3.63) is 51.6 Å². The van der Waals surface area contributed by atoms with E-state index in [1.165, 1.54) is 6.42 Å². The average molecular weight is 423 g/mol. The van der Waals surface area contributed by atoms with Gasteiger partial charge in [-0.05, 0) is 78.6 Å². The van der Waals surface area contributed by atoms with Crippen molar-refractivity contribution in [2.45, 2.75) is 58.2 Å². The number of aryl methyl sites for hydroxylation is 1. The summed E-state index contributed by atoms with van der Waals surface area (Å²) in [5.74, 6) is 1.29. The Labute approximate surface area is 181 Å². The first-order chi connectivity index (χ1) is 15.1. The van der Waals surface area contributed by atoms with E-state index in [4.69, 9.17) is 4.74 Å². The molecule has 5 rings (SSSR count). The van der Waals surface area contributed by atoms with Gasteiger partial charge in [0.05, 0.1) is 12.6 Å². The Morgan fingerprint density at radius 3 is 2.97 bits per heavy atom. The molecule has 4 heterocycles. The molecule has 164 valence electrons. The van der Waals surface area contributed by atoms with E-state index in [9.17, 15) is 4.79 Å². The van der Waals surface area contributed by atoms with E-state index in [0.717, 1.165) is 61.2 Å². The highest BCUT2D eigenvalue weighted by Crippen LogP contribution is 2.31. The van der Waals surface area contributed by atoms with Crippen LogP contribution in [-0.4, -0.2) is 55.9 Å². The predicted octanol–water partition coefficient (Wildman–Crippen LogP) is 2.82. The maximum Gasteiger partial charge on any atom is 0.253 e. The molecule has 2 saturated heterocycles. The number of rotatable bonds is 5. The fourth-order valence-electron chi connectivity index (χ4n) is 5.01. The number of nitrogens with zero attached hydrogens (tertiary/aromatic N) is 5. The van der Waals surface area contributed by atoms with Crippen molar-refractivity contribution in [3.63, 3.8) is 0 Å². The topological polar surface area (TPSA) is 88.9 Å². The number of nitrogens with one attached hydrogen (secondary N) is 1. The van der Waals surface area contributed by atoms with Crippen LogP contribution in [-0.2, 0) is 11.3 Å². The number of fused-ring (bicyclic) bond motifs is 1. The van der Waals surface area contributed by atoms with Crippen molar-refractivity contribution in [2.75, 3.05) is 19.7 Å². The van der Waals surface area contributed by atoms with Gasteiger partial charge in [-0.25, -0.2) is 4.68 Å². The van der Waals surface area contributed by atoms with Crippen molar-refractivity contribution >= 4 is 10.9 Å². The third kappa shape index (κ3) is 4.14. The Kier molecular flexibility index (Phi) is 5.58. The summed E-state index contributed by atoms with van der Waals surface area (Å²) in [6, 6.07) is 7.88. The molecule has 3 aromatic rings. The van der Waals surface area contributed by atoms with Gasteiger partial charge in [0, 0.05) is 24.2 Å². The molecule has 8 nitrogen and oxygen atoms in total. The summed E-state index contributed by atoms with van der Waals surface area (Å²) in [5, 5.41) is 13.7. The van der Waals surface area contributed by atoms with Crippen LogP contribution in [0.5, 0.6) is 0 Å². The molecule has 2 aliphatic heterocycles. The molecule has 8 heteroatoms. The number of hydrogen-bond acceptors (Lipinski definition) is 6. The number of benzene rings is 1. The third-order valence-corrected chi connectivity index (χ3v) is 6.58. The molecule has 0 radical (unpaired) electrons. The van der Waals surface area contributed by atoms with Gasteiger partial charge in [0.15, 0.2) is 5.82 Å². The molecule has 2 aromatic heterocycles. The molecule has 0 amide bonds. The standard InChI is InChI=1S/C23H30N6O2/c1-15-7-8-17-12-19(23(30)24-20(17)11-15)21(28-9-3-5-16(2)13-28)22-25-26-27-29(22)14-18-6-4-10-31-18/h7-8,11-12,16,18,21H,3-6,9-10,13-14H2,1-2H3,(H,24,30). The van der Waals surface area contributed by atoms with Crippen LogP contribution in [0.25, 0.3) is 10.9 Å². The van der Waals surface area contributed by atoms with Crippen LogP contribution in [0.2, 0.25) is 0 Å². The minimum absolute atomic E-state index is 0.0759. The molecule has 3 atom stereocenters. The number of aromatic nitrogens is 5. The first-order valence-corrected chi connectivity index (χ1v) is 11.3. The lowest BCUT2D eigenvalue weighted by Gasteiger charge is -2.36. The molecule has 0 bridgehead atoms. The number of ether oxygens (including phenoxy) is 1. The highest BCUT2D eigenvalue weighted by molar-refractivity contribution is 5.79. The highest BCUT2D eigenvalue weighted by atomic mass is 16.5. The number of H-pyrrole nitrogens is 1. The third-order valence-electron chi connectivity index (χ3n) is 6.58. The molecule has 0 saturated carbocycles. The van der Waals surface area contributed by atoms with Gasteiger partial charge < -0.3 is 9.72 Å². The minimum Gasteiger partial charge on any atom is -0.376 e. The first kappa shape index (κ1) is 20.3. The summed E-state index contributed by atoms with van der Waals surface area (Å²) < 4.78 is 7.67. The summed E-state index contributed by atoms with van der Waals surface area (Å²) in [5.41, 5.74) is 2.61. The van der Waals surface area contributed by atoms with Crippen molar-refractivity contribution < 1.29 is 4.74 Å². The first-order valence-electron chi connectivity index (χ1n) is 11.3. The fraction of sp³-hybridized carbons (Fsp3) is 0.565. The summed E-state index contributed by atoms with van der Waals surface area (Å²) in [4.78, 5) is 18.7. The predicted molar refractivity (Wildman–Crippen MR) is 118 cm³/mol. The fourth-order valence-corrected chi connectivity index (χ4v) is 5.01. The van der Waals surface area contributed by atoms with Gasteiger partial charge in [0.2, 0.25) is 0 Å². The number of tetrazole rings is 1. The molecule has 31 heavy (non-hydrogen) atoms. The van der Waals surface area contributed by atoms with Crippen LogP contribution >= 0.6 is 0 Å². The smallest absolute Gasteiger partial charge is 0.253 e. The van der Waals surface area contributed by atoms with E-state index in [0.29, 0.717) is 18.0 Å². The average Bonchev–Trinajstić information content (AvgIpc) is 3.42. The highest BCUT2D eigenvalue weighted by Gasteiger charge is 2.33. The van der Waals surface area contributed by atoms with Crippen molar-refractivity contribution in [3.8, 4) is 0 Å². The second kappa shape index (κ2) is 8.51. The number of piperidine rings is 1. The Balaban J connectivity index is 1.60. The van der Waals surface area contributed by atoms with Crippen molar-refractivity contribution in [1.29, 1.82) is 0 Å². The normalized spacial score (nSPS) is 23.4. The number of aromatic amines is 1. The van der Waals surface area contributed by atoms with Gasteiger partial charge in [-0.2, -0.15) is 0 Å². The molecule has 1 N–H and O–H groups in total. The molecular formula is C23H30N6O2. The van der Waals surface area contributed by atoms with Gasteiger partial charge in [0.1, 0.15) is 6.04 Å². The minimum atomic E-state index is -0.284. The van der Waals surface area contributed by atoms with E-state index in [-0.39, 0.29) is 17.7 Å². The van der Waals surface area contributed by atoms with Crippen molar-refractivity contribution in [2.24, 2.45) is 5.92 Å². The number of hydrogen-bond donors (Lipinski definition) is 1. The summed E-state index contributed by atoms with van der Waals surface area (Å²) in [6.45, 7) is 7.55. The van der Waals surface area contributed by atoms with E-state index >= 15 is 0 Å². The van der Waals surface area contributed by atoms with E-state index in [1.54, 1.807) is 0 Å². The largest absolute Gasteiger partial charge is 0.376 e. The van der Waals surface area contributed by atoms with Gasteiger partial charge in [-0.15, -0.1) is 5.10 Å². The van der Waals surface area contributed by atoms with Gasteiger partial charge in [-0.3, -0.25) is 9.69 Å². The van der Waals surface area contributed by atoms with E-state index in [2.05, 4.69) is 44.5 Å². The Hall–Kier alpha value is -2.58. The van der Waals surface area contributed by atoms with Crippen LogP contribution in [0.3, 0.4) is 0 Å². The van der Waals surface area contributed by atoms with Crippen molar-refractivity contribution in [1.82, 2.24) is 30.1 Å². The Bertz CT molecular complexity index is 1120. The second-order valence-corrected chi connectivity index (χ2v) is 9.14. The molecule has 3 unspecified atom stereocenters.